The van der Waals surface area contributed by atoms with Crippen molar-refractivity contribution in [3.05, 3.63) is 106 Å². The second-order valence-corrected chi connectivity index (χ2v) is 7.63. The van der Waals surface area contributed by atoms with Gasteiger partial charge in [-0.1, -0.05) is 54.6 Å². The monoisotopic (exact) mass is 442 g/mol. The van der Waals surface area contributed by atoms with Gasteiger partial charge in [-0.05, 0) is 51.8 Å². The first-order chi connectivity index (χ1) is 14.2. The summed E-state index contributed by atoms with van der Waals surface area (Å²) >= 11 is 3.54. The molecule has 29 heavy (non-hydrogen) atoms. The fourth-order valence-corrected chi connectivity index (χ4v) is 4.58. The number of nitro groups is 1. The Hall–Kier alpha value is -3.44. The molecule has 0 aliphatic rings. The summed E-state index contributed by atoms with van der Waals surface area (Å²) in [5.41, 5.74) is 4.66. The Morgan fingerprint density at radius 1 is 0.759 bits per heavy atom. The summed E-state index contributed by atoms with van der Waals surface area (Å²) in [7, 11) is 0. The molecule has 0 N–H and O–H groups in total. The minimum Gasteiger partial charge on any atom is -0.309 e. The molecular formula is C24H15BrN2O2. The smallest absolute Gasteiger partial charge is 0.278 e. The van der Waals surface area contributed by atoms with Crippen molar-refractivity contribution in [3.8, 4) is 16.8 Å². The number of fused-ring (bicyclic) bond motifs is 3. The highest BCUT2D eigenvalue weighted by Gasteiger charge is 2.23. The predicted octanol–water partition coefficient (Wildman–Crippen LogP) is 7.12. The van der Waals surface area contributed by atoms with Gasteiger partial charge in [0.2, 0.25) is 0 Å². The Bertz CT molecular complexity index is 1390. The first kappa shape index (κ1) is 17.6. The maximum atomic E-state index is 11.8. The van der Waals surface area contributed by atoms with Crippen LogP contribution in [0.5, 0.6) is 0 Å². The molecular weight excluding hydrogens is 428 g/mol. The van der Waals surface area contributed by atoms with Gasteiger partial charge < -0.3 is 4.57 Å². The number of nitro benzene ring substituents is 1. The summed E-state index contributed by atoms with van der Waals surface area (Å²) in [6, 6.07) is 29.4. The minimum atomic E-state index is -0.324. The number of hydrogen-bond donors (Lipinski definition) is 0. The minimum absolute atomic E-state index is 0.0865. The van der Waals surface area contributed by atoms with Crippen LogP contribution in [0.25, 0.3) is 38.6 Å². The van der Waals surface area contributed by atoms with Crippen LogP contribution in [0.3, 0.4) is 0 Å². The lowest BCUT2D eigenvalue weighted by atomic mass is 9.98. The van der Waals surface area contributed by atoms with Gasteiger partial charge in [-0.2, -0.15) is 0 Å². The van der Waals surface area contributed by atoms with E-state index in [2.05, 4.69) is 50.8 Å². The average molecular weight is 443 g/mol. The first-order valence-electron chi connectivity index (χ1n) is 9.17. The molecule has 0 unspecified atom stereocenters. The van der Waals surface area contributed by atoms with Crippen molar-refractivity contribution in [2.75, 3.05) is 0 Å². The Morgan fingerprint density at radius 3 is 2.24 bits per heavy atom. The second-order valence-electron chi connectivity index (χ2n) is 6.78. The Labute approximate surface area is 175 Å². The van der Waals surface area contributed by atoms with E-state index in [1.54, 1.807) is 12.1 Å². The number of nitrogens with zero attached hydrogens (tertiary/aromatic N) is 2. The van der Waals surface area contributed by atoms with E-state index in [9.17, 15) is 10.1 Å². The van der Waals surface area contributed by atoms with Gasteiger partial charge in [0.05, 0.1) is 21.5 Å². The number of aromatic nitrogens is 1. The van der Waals surface area contributed by atoms with Gasteiger partial charge in [-0.15, -0.1) is 0 Å². The van der Waals surface area contributed by atoms with Crippen molar-refractivity contribution in [3.63, 3.8) is 0 Å². The van der Waals surface area contributed by atoms with Crippen molar-refractivity contribution < 1.29 is 4.92 Å². The highest BCUT2D eigenvalue weighted by molar-refractivity contribution is 9.10. The quantitative estimate of drug-likeness (QED) is 0.220. The van der Waals surface area contributed by atoms with Crippen LogP contribution >= 0.6 is 15.9 Å². The zero-order chi connectivity index (χ0) is 20.0. The number of benzene rings is 4. The molecule has 5 aromatic rings. The van der Waals surface area contributed by atoms with Gasteiger partial charge in [0.1, 0.15) is 0 Å². The zero-order valence-corrected chi connectivity index (χ0v) is 16.8. The fraction of sp³-hybridized carbons (Fsp3) is 0. The molecule has 0 fully saturated rings. The normalized spacial score (nSPS) is 11.2. The van der Waals surface area contributed by atoms with Gasteiger partial charge in [0.25, 0.3) is 5.69 Å². The summed E-state index contributed by atoms with van der Waals surface area (Å²) < 4.78 is 2.91. The number of halogens is 1. The van der Waals surface area contributed by atoms with Crippen molar-refractivity contribution >= 4 is 43.4 Å². The van der Waals surface area contributed by atoms with Gasteiger partial charge in [0.15, 0.2) is 0 Å². The SMILES string of the molecule is O=[N+]([O-])c1cccc(Br)c1-c1cccc2c1c1ccccc1n2-c1ccccc1. The van der Waals surface area contributed by atoms with E-state index >= 15 is 0 Å². The molecule has 0 bridgehead atoms. The van der Waals surface area contributed by atoms with Crippen LogP contribution in [0.4, 0.5) is 5.69 Å². The third kappa shape index (κ3) is 2.74. The highest BCUT2D eigenvalue weighted by Crippen LogP contribution is 2.43. The Balaban J connectivity index is 1.97. The van der Waals surface area contributed by atoms with Crippen LogP contribution in [0.2, 0.25) is 0 Å². The van der Waals surface area contributed by atoms with E-state index < -0.39 is 0 Å². The third-order valence-electron chi connectivity index (χ3n) is 5.17. The fourth-order valence-electron chi connectivity index (χ4n) is 4.01. The standard InChI is InChI=1S/C24H15BrN2O2/c25-19-12-7-15-22(27(28)29)24(19)18-11-6-14-21-23(18)17-10-4-5-13-20(17)26(21)16-8-2-1-3-9-16/h1-15H. The van der Waals surface area contributed by atoms with Gasteiger partial charge in [0, 0.05) is 27.0 Å². The lowest BCUT2D eigenvalue weighted by molar-refractivity contribution is -0.384. The van der Waals surface area contributed by atoms with Crippen molar-refractivity contribution in [1.82, 2.24) is 4.57 Å². The molecule has 0 aliphatic carbocycles. The molecule has 0 amide bonds. The zero-order valence-electron chi connectivity index (χ0n) is 15.2. The number of rotatable bonds is 3. The maximum Gasteiger partial charge on any atom is 0.278 e. The van der Waals surface area contributed by atoms with Crippen LogP contribution in [-0.2, 0) is 0 Å². The molecule has 140 valence electrons. The molecule has 4 aromatic carbocycles. The highest BCUT2D eigenvalue weighted by atomic mass is 79.9. The van der Waals surface area contributed by atoms with E-state index in [-0.39, 0.29) is 10.6 Å². The molecule has 4 nitrogen and oxygen atoms in total. The molecule has 0 saturated carbocycles. The van der Waals surface area contributed by atoms with E-state index in [1.807, 2.05) is 48.5 Å². The molecule has 0 atom stereocenters. The van der Waals surface area contributed by atoms with Gasteiger partial charge in [-0.25, -0.2) is 0 Å². The lowest BCUT2D eigenvalue weighted by Crippen LogP contribution is -1.94. The molecule has 5 heteroatoms. The molecule has 0 aliphatic heterocycles. The van der Waals surface area contributed by atoms with Crippen LogP contribution in [0.1, 0.15) is 0 Å². The Kier molecular flexibility index (Phi) is 4.18. The molecule has 0 spiro atoms. The van der Waals surface area contributed by atoms with Crippen LogP contribution < -0.4 is 0 Å². The van der Waals surface area contributed by atoms with Crippen molar-refractivity contribution in [1.29, 1.82) is 0 Å². The summed E-state index contributed by atoms with van der Waals surface area (Å²) in [6.45, 7) is 0. The van der Waals surface area contributed by atoms with E-state index in [0.29, 0.717) is 10.0 Å². The van der Waals surface area contributed by atoms with Crippen LogP contribution in [-0.4, -0.2) is 9.49 Å². The topological polar surface area (TPSA) is 48.1 Å². The van der Waals surface area contributed by atoms with E-state index in [1.165, 1.54) is 0 Å². The summed E-state index contributed by atoms with van der Waals surface area (Å²) in [5, 5.41) is 13.8. The number of para-hydroxylation sites is 2. The Morgan fingerprint density at radius 2 is 1.45 bits per heavy atom. The second kappa shape index (κ2) is 6.87. The summed E-state index contributed by atoms with van der Waals surface area (Å²) in [5.74, 6) is 0. The predicted molar refractivity (Wildman–Crippen MR) is 121 cm³/mol. The maximum absolute atomic E-state index is 11.8. The largest absolute Gasteiger partial charge is 0.309 e. The van der Waals surface area contributed by atoms with E-state index in [0.717, 1.165) is 33.1 Å². The molecule has 0 saturated heterocycles. The van der Waals surface area contributed by atoms with Gasteiger partial charge in [-0.3, -0.25) is 10.1 Å². The van der Waals surface area contributed by atoms with E-state index in [4.69, 9.17) is 0 Å². The molecule has 1 aromatic heterocycles. The lowest BCUT2D eigenvalue weighted by Gasteiger charge is -2.10. The summed E-state index contributed by atoms with van der Waals surface area (Å²) in [6.07, 6.45) is 0. The average Bonchev–Trinajstić information content (AvgIpc) is 3.09. The third-order valence-corrected chi connectivity index (χ3v) is 5.83. The van der Waals surface area contributed by atoms with Gasteiger partial charge >= 0.3 is 0 Å². The molecule has 0 radical (unpaired) electrons. The first-order valence-corrected chi connectivity index (χ1v) is 9.97. The molecule has 1 heterocycles. The van der Waals surface area contributed by atoms with Crippen molar-refractivity contribution in [2.24, 2.45) is 0 Å². The van der Waals surface area contributed by atoms with Crippen LogP contribution in [0, 0.1) is 10.1 Å². The van der Waals surface area contributed by atoms with Crippen LogP contribution in [0.15, 0.2) is 95.5 Å². The van der Waals surface area contributed by atoms with Crippen molar-refractivity contribution in [2.45, 2.75) is 0 Å². The summed E-state index contributed by atoms with van der Waals surface area (Å²) in [4.78, 5) is 11.4. The number of hydrogen-bond acceptors (Lipinski definition) is 2. The molecule has 5 rings (SSSR count).